The van der Waals surface area contributed by atoms with E-state index in [0.717, 1.165) is 11.1 Å². The lowest BCUT2D eigenvalue weighted by Gasteiger charge is -2.34. The predicted octanol–water partition coefficient (Wildman–Crippen LogP) is 1.58. The standard InChI is InChI=1S/C13H12N4O3S/c18-11(19)10-5-8-3-1-2-4-9(8)6-17(10)13(20)15-12-16-14-7-21-12/h1-4,7,10H,5-6H2,(H,18,19)(H,15,16,20)/t10-/m0/s1. The molecule has 0 fully saturated rings. The number of nitrogens with one attached hydrogen (secondary N) is 1. The van der Waals surface area contributed by atoms with Crippen LogP contribution in [-0.4, -0.2) is 38.2 Å². The molecule has 0 bridgehead atoms. The lowest BCUT2D eigenvalue weighted by atomic mass is 9.94. The van der Waals surface area contributed by atoms with E-state index >= 15 is 0 Å². The van der Waals surface area contributed by atoms with Gasteiger partial charge >= 0.3 is 12.0 Å². The molecule has 0 saturated carbocycles. The molecular formula is C13H12N4O3S. The second kappa shape index (κ2) is 5.49. The summed E-state index contributed by atoms with van der Waals surface area (Å²) < 4.78 is 0. The first kappa shape index (κ1) is 13.5. The minimum Gasteiger partial charge on any atom is -0.480 e. The first-order valence-electron chi connectivity index (χ1n) is 6.28. The highest BCUT2D eigenvalue weighted by molar-refractivity contribution is 7.13. The fourth-order valence-electron chi connectivity index (χ4n) is 2.35. The van der Waals surface area contributed by atoms with Crippen LogP contribution in [0.2, 0.25) is 0 Å². The highest BCUT2D eigenvalue weighted by atomic mass is 32.1. The first-order valence-corrected chi connectivity index (χ1v) is 7.16. The van der Waals surface area contributed by atoms with Gasteiger partial charge in [-0.1, -0.05) is 35.6 Å². The number of rotatable bonds is 2. The molecule has 21 heavy (non-hydrogen) atoms. The Balaban J connectivity index is 1.85. The van der Waals surface area contributed by atoms with Crippen molar-refractivity contribution in [2.24, 2.45) is 0 Å². The number of aromatic nitrogens is 2. The molecule has 7 nitrogen and oxygen atoms in total. The summed E-state index contributed by atoms with van der Waals surface area (Å²) in [6.07, 6.45) is 0.301. The predicted molar refractivity (Wildman–Crippen MR) is 76.0 cm³/mol. The Morgan fingerprint density at radius 2 is 2.10 bits per heavy atom. The second-order valence-corrected chi connectivity index (χ2v) is 5.46. The summed E-state index contributed by atoms with van der Waals surface area (Å²) in [7, 11) is 0. The SMILES string of the molecule is O=C(O)[C@@H]1Cc2ccccc2CN1C(=O)Nc1nncs1. The minimum atomic E-state index is -1.02. The number of anilines is 1. The van der Waals surface area contributed by atoms with Gasteiger partial charge in [-0.15, -0.1) is 10.2 Å². The van der Waals surface area contributed by atoms with Gasteiger partial charge in [0.1, 0.15) is 11.6 Å². The number of hydrogen-bond donors (Lipinski definition) is 2. The molecule has 108 valence electrons. The van der Waals surface area contributed by atoms with Gasteiger partial charge < -0.3 is 10.0 Å². The van der Waals surface area contributed by atoms with Crippen molar-refractivity contribution in [3.05, 3.63) is 40.9 Å². The highest BCUT2D eigenvalue weighted by Crippen LogP contribution is 2.24. The van der Waals surface area contributed by atoms with Crippen molar-refractivity contribution < 1.29 is 14.7 Å². The molecule has 1 aromatic carbocycles. The molecule has 8 heteroatoms. The van der Waals surface area contributed by atoms with Crippen molar-refractivity contribution in [2.45, 2.75) is 19.0 Å². The zero-order valence-electron chi connectivity index (χ0n) is 10.9. The molecule has 1 atom stereocenters. The Hall–Kier alpha value is -2.48. The number of benzene rings is 1. The summed E-state index contributed by atoms with van der Waals surface area (Å²) in [6.45, 7) is 0.262. The molecule has 0 spiro atoms. The fourth-order valence-corrected chi connectivity index (χ4v) is 2.78. The monoisotopic (exact) mass is 304 g/mol. The number of carbonyl (C=O) groups is 2. The number of aliphatic carboxylic acids is 1. The molecule has 0 radical (unpaired) electrons. The zero-order valence-corrected chi connectivity index (χ0v) is 11.7. The maximum Gasteiger partial charge on any atom is 0.326 e. The third-order valence-electron chi connectivity index (χ3n) is 3.37. The van der Waals surface area contributed by atoms with E-state index < -0.39 is 18.0 Å². The lowest BCUT2D eigenvalue weighted by molar-refractivity contribution is -0.142. The van der Waals surface area contributed by atoms with Gasteiger partial charge in [0.15, 0.2) is 0 Å². The molecule has 2 aromatic rings. The summed E-state index contributed by atoms with van der Waals surface area (Å²) in [5.41, 5.74) is 3.42. The highest BCUT2D eigenvalue weighted by Gasteiger charge is 2.34. The van der Waals surface area contributed by atoms with E-state index in [4.69, 9.17) is 0 Å². The Morgan fingerprint density at radius 3 is 2.76 bits per heavy atom. The van der Waals surface area contributed by atoms with E-state index in [2.05, 4.69) is 15.5 Å². The van der Waals surface area contributed by atoms with Crippen LogP contribution < -0.4 is 5.32 Å². The molecule has 0 unspecified atom stereocenters. The molecule has 2 heterocycles. The normalized spacial score (nSPS) is 17.1. The van der Waals surface area contributed by atoms with Crippen LogP contribution in [0, 0.1) is 0 Å². The molecule has 2 N–H and O–H groups in total. The molecule has 0 aliphatic carbocycles. The number of carboxylic acid groups (broad SMARTS) is 1. The molecule has 1 aromatic heterocycles. The van der Waals surface area contributed by atoms with E-state index in [1.807, 2.05) is 24.3 Å². The van der Waals surface area contributed by atoms with Crippen LogP contribution in [-0.2, 0) is 17.8 Å². The van der Waals surface area contributed by atoms with Crippen molar-refractivity contribution in [2.75, 3.05) is 5.32 Å². The molecule has 3 rings (SSSR count). The molecule has 2 amide bonds. The summed E-state index contributed by atoms with van der Waals surface area (Å²) in [6, 6.07) is 6.18. The summed E-state index contributed by atoms with van der Waals surface area (Å²) in [5, 5.41) is 19.6. The van der Waals surface area contributed by atoms with Gasteiger partial charge in [0.2, 0.25) is 5.13 Å². The summed E-state index contributed by atoms with van der Waals surface area (Å²) in [4.78, 5) is 25.0. The van der Waals surface area contributed by atoms with Gasteiger partial charge in [-0.25, -0.2) is 9.59 Å². The topological polar surface area (TPSA) is 95.4 Å². The quantitative estimate of drug-likeness (QED) is 0.878. The number of fused-ring (bicyclic) bond motifs is 1. The van der Waals surface area contributed by atoms with Crippen LogP contribution in [0.15, 0.2) is 29.8 Å². The Kier molecular flexibility index (Phi) is 3.53. The minimum absolute atomic E-state index is 0.262. The number of carbonyl (C=O) groups excluding carboxylic acids is 1. The second-order valence-electron chi connectivity index (χ2n) is 4.63. The Labute approximate surface area is 124 Å². The molecule has 0 saturated heterocycles. The van der Waals surface area contributed by atoms with Crippen LogP contribution in [0.3, 0.4) is 0 Å². The summed E-state index contributed by atoms with van der Waals surface area (Å²) >= 11 is 1.18. The van der Waals surface area contributed by atoms with E-state index in [1.165, 1.54) is 21.7 Å². The van der Waals surface area contributed by atoms with E-state index in [9.17, 15) is 14.7 Å². The van der Waals surface area contributed by atoms with Gasteiger partial charge in [-0.3, -0.25) is 5.32 Å². The van der Waals surface area contributed by atoms with Gasteiger partial charge in [0, 0.05) is 13.0 Å². The number of hydrogen-bond acceptors (Lipinski definition) is 5. The van der Waals surface area contributed by atoms with Crippen molar-refractivity contribution >= 4 is 28.5 Å². The van der Waals surface area contributed by atoms with Crippen molar-refractivity contribution in [3.8, 4) is 0 Å². The third-order valence-corrected chi connectivity index (χ3v) is 3.98. The van der Waals surface area contributed by atoms with Crippen molar-refractivity contribution in [3.63, 3.8) is 0 Å². The molecule has 1 aliphatic heterocycles. The average Bonchev–Trinajstić information content (AvgIpc) is 2.98. The van der Waals surface area contributed by atoms with Crippen LogP contribution in [0.5, 0.6) is 0 Å². The van der Waals surface area contributed by atoms with Crippen LogP contribution >= 0.6 is 11.3 Å². The van der Waals surface area contributed by atoms with Gasteiger partial charge in [0.25, 0.3) is 0 Å². The van der Waals surface area contributed by atoms with E-state index in [-0.39, 0.29) is 6.54 Å². The smallest absolute Gasteiger partial charge is 0.326 e. The molecular weight excluding hydrogens is 292 g/mol. The Bertz CT molecular complexity index is 674. The van der Waals surface area contributed by atoms with Crippen molar-refractivity contribution in [1.82, 2.24) is 15.1 Å². The number of amides is 2. The largest absolute Gasteiger partial charge is 0.480 e. The first-order chi connectivity index (χ1) is 10.1. The van der Waals surface area contributed by atoms with Crippen LogP contribution in [0.25, 0.3) is 0 Å². The maximum absolute atomic E-state index is 12.3. The number of carboxylic acids is 1. The van der Waals surface area contributed by atoms with Gasteiger partial charge in [-0.2, -0.15) is 0 Å². The zero-order chi connectivity index (χ0) is 14.8. The number of urea groups is 1. The third kappa shape index (κ3) is 2.70. The summed E-state index contributed by atoms with van der Waals surface area (Å²) in [5.74, 6) is -1.02. The molecule has 1 aliphatic rings. The van der Waals surface area contributed by atoms with Crippen LogP contribution in [0.1, 0.15) is 11.1 Å². The lowest BCUT2D eigenvalue weighted by Crippen LogP contribution is -2.50. The van der Waals surface area contributed by atoms with Gasteiger partial charge in [0.05, 0.1) is 0 Å². The Morgan fingerprint density at radius 1 is 1.33 bits per heavy atom. The fraction of sp³-hybridized carbons (Fsp3) is 0.231. The maximum atomic E-state index is 12.3. The van der Waals surface area contributed by atoms with E-state index in [0.29, 0.717) is 11.6 Å². The number of nitrogens with zero attached hydrogens (tertiary/aromatic N) is 3. The van der Waals surface area contributed by atoms with Crippen molar-refractivity contribution in [1.29, 1.82) is 0 Å². The average molecular weight is 304 g/mol. The van der Waals surface area contributed by atoms with Gasteiger partial charge in [-0.05, 0) is 11.1 Å². The van der Waals surface area contributed by atoms with Crippen LogP contribution in [0.4, 0.5) is 9.93 Å². The van der Waals surface area contributed by atoms with E-state index in [1.54, 1.807) is 0 Å².